The summed E-state index contributed by atoms with van der Waals surface area (Å²) in [6.45, 7) is 3.78. The number of anilines is 1. The molecule has 112 valence electrons. The minimum Gasteiger partial charge on any atom is -0.322 e. The van der Waals surface area contributed by atoms with Gasteiger partial charge in [-0.15, -0.1) is 11.8 Å². The van der Waals surface area contributed by atoms with Gasteiger partial charge in [0.05, 0.1) is 10.6 Å². The molecule has 0 bridgehead atoms. The van der Waals surface area contributed by atoms with Gasteiger partial charge in [0.15, 0.2) is 0 Å². The Morgan fingerprint density at radius 2 is 2.29 bits per heavy atom. The minimum absolute atomic E-state index is 0.00651. The molecule has 0 aromatic heterocycles. The van der Waals surface area contributed by atoms with E-state index in [0.29, 0.717) is 12.2 Å². The van der Waals surface area contributed by atoms with Crippen molar-refractivity contribution in [3.8, 4) is 0 Å². The predicted molar refractivity (Wildman–Crippen MR) is 80.5 cm³/mol. The van der Waals surface area contributed by atoms with Crippen LogP contribution in [0.2, 0.25) is 0 Å². The Balaban J connectivity index is 1.78. The molecule has 0 aliphatic carbocycles. The number of nitrogens with zero attached hydrogens (tertiary/aromatic N) is 1. The van der Waals surface area contributed by atoms with Crippen molar-refractivity contribution in [1.29, 1.82) is 0 Å². The molecule has 2 atom stereocenters. The van der Waals surface area contributed by atoms with Gasteiger partial charge in [0.1, 0.15) is 11.9 Å². The van der Waals surface area contributed by atoms with Crippen LogP contribution in [0.25, 0.3) is 0 Å². The quantitative estimate of drug-likeness (QED) is 0.913. The van der Waals surface area contributed by atoms with Crippen molar-refractivity contribution in [2.24, 2.45) is 0 Å². The van der Waals surface area contributed by atoms with Gasteiger partial charge in [-0.2, -0.15) is 0 Å². The highest BCUT2D eigenvalue weighted by molar-refractivity contribution is 8.01. The zero-order valence-corrected chi connectivity index (χ0v) is 12.8. The van der Waals surface area contributed by atoms with Gasteiger partial charge in [-0.25, -0.2) is 4.39 Å². The van der Waals surface area contributed by atoms with Crippen LogP contribution in [0.15, 0.2) is 18.2 Å². The maximum atomic E-state index is 13.8. The van der Waals surface area contributed by atoms with Crippen LogP contribution in [0.1, 0.15) is 25.3 Å². The fourth-order valence-electron chi connectivity index (χ4n) is 2.95. The fourth-order valence-corrected chi connectivity index (χ4v) is 4.38. The summed E-state index contributed by atoms with van der Waals surface area (Å²) in [5.41, 5.74) is 0.958. The Bertz CT molecular complexity index is 622. The Labute approximate surface area is 127 Å². The second kappa shape index (κ2) is 5.02. The van der Waals surface area contributed by atoms with E-state index in [1.54, 1.807) is 35.7 Å². The van der Waals surface area contributed by atoms with Crippen LogP contribution in [0, 0.1) is 12.7 Å². The first-order chi connectivity index (χ1) is 9.90. The largest absolute Gasteiger partial charge is 0.322 e. The summed E-state index contributed by atoms with van der Waals surface area (Å²) < 4.78 is 13.8. The van der Waals surface area contributed by atoms with Crippen LogP contribution < -0.4 is 5.32 Å². The highest BCUT2D eigenvalue weighted by Crippen LogP contribution is 2.47. The maximum absolute atomic E-state index is 13.8. The molecule has 4 nitrogen and oxygen atoms in total. The van der Waals surface area contributed by atoms with Crippen molar-refractivity contribution in [3.05, 3.63) is 29.6 Å². The molecular formula is C15H17FN2O2S. The van der Waals surface area contributed by atoms with E-state index in [9.17, 15) is 14.0 Å². The lowest BCUT2D eigenvalue weighted by molar-refractivity contribution is -0.135. The number of hydrogen-bond donors (Lipinski definition) is 1. The average molecular weight is 308 g/mol. The molecule has 1 N–H and O–H groups in total. The molecule has 0 radical (unpaired) electrons. The number of carbonyl (C=O) groups is 2. The van der Waals surface area contributed by atoms with Gasteiger partial charge in [-0.1, -0.05) is 6.07 Å². The molecule has 1 aromatic rings. The lowest BCUT2D eigenvalue weighted by Gasteiger charge is -2.29. The summed E-state index contributed by atoms with van der Waals surface area (Å²) in [6.07, 6.45) is 1.24. The molecule has 1 aromatic carbocycles. The van der Waals surface area contributed by atoms with Crippen LogP contribution in [0.5, 0.6) is 0 Å². The SMILES string of the molecule is Cc1ccc(NC(=O)[C@H]2CS[C@@]3(C)CCC(=O)N23)c(F)c1. The number of hydrogen-bond acceptors (Lipinski definition) is 3. The lowest BCUT2D eigenvalue weighted by atomic mass is 10.2. The van der Waals surface area contributed by atoms with Crippen LogP contribution in [0.4, 0.5) is 10.1 Å². The van der Waals surface area contributed by atoms with Gasteiger partial charge in [0.2, 0.25) is 11.8 Å². The van der Waals surface area contributed by atoms with Crippen molar-refractivity contribution >= 4 is 29.3 Å². The van der Waals surface area contributed by atoms with E-state index in [-0.39, 0.29) is 22.4 Å². The second-order valence-corrected chi connectivity index (χ2v) is 7.24. The van der Waals surface area contributed by atoms with Crippen LogP contribution in [0.3, 0.4) is 0 Å². The Hall–Kier alpha value is -1.56. The van der Waals surface area contributed by atoms with E-state index < -0.39 is 11.9 Å². The molecule has 2 saturated heterocycles. The van der Waals surface area contributed by atoms with Crippen molar-refractivity contribution in [2.75, 3.05) is 11.1 Å². The highest BCUT2D eigenvalue weighted by atomic mass is 32.2. The smallest absolute Gasteiger partial charge is 0.248 e. The second-order valence-electron chi connectivity index (χ2n) is 5.74. The summed E-state index contributed by atoms with van der Waals surface area (Å²) in [7, 11) is 0. The number of halogens is 1. The monoisotopic (exact) mass is 308 g/mol. The van der Waals surface area contributed by atoms with Crippen LogP contribution in [-0.4, -0.2) is 33.4 Å². The molecule has 0 saturated carbocycles. The number of rotatable bonds is 2. The van der Waals surface area contributed by atoms with E-state index in [0.717, 1.165) is 12.0 Å². The summed E-state index contributed by atoms with van der Waals surface area (Å²) in [5.74, 6) is -0.206. The Morgan fingerprint density at radius 3 is 3.00 bits per heavy atom. The van der Waals surface area contributed by atoms with Crippen LogP contribution >= 0.6 is 11.8 Å². The molecule has 2 fully saturated rings. The van der Waals surface area contributed by atoms with Crippen molar-refractivity contribution in [2.45, 2.75) is 37.6 Å². The van der Waals surface area contributed by atoms with E-state index >= 15 is 0 Å². The summed E-state index contributed by atoms with van der Waals surface area (Å²) in [5, 5.41) is 2.61. The first kappa shape index (κ1) is 14.4. The lowest BCUT2D eigenvalue weighted by Crippen LogP contribution is -2.48. The number of nitrogens with one attached hydrogen (secondary N) is 1. The fraction of sp³-hybridized carbons (Fsp3) is 0.467. The number of thioether (sulfide) groups is 1. The summed E-state index contributed by atoms with van der Waals surface area (Å²) in [4.78, 5) is 25.8. The molecule has 2 aliphatic rings. The third-order valence-corrected chi connectivity index (χ3v) is 5.64. The third kappa shape index (κ3) is 2.41. The van der Waals surface area contributed by atoms with E-state index in [4.69, 9.17) is 0 Å². The van der Waals surface area contributed by atoms with Gasteiger partial charge >= 0.3 is 0 Å². The topological polar surface area (TPSA) is 49.4 Å². The molecule has 0 spiro atoms. The molecular weight excluding hydrogens is 291 g/mol. The van der Waals surface area contributed by atoms with Gasteiger partial charge in [-0.3, -0.25) is 9.59 Å². The zero-order chi connectivity index (χ0) is 15.2. The molecule has 0 unspecified atom stereocenters. The van der Waals surface area contributed by atoms with Gasteiger partial charge < -0.3 is 10.2 Å². The highest BCUT2D eigenvalue weighted by Gasteiger charge is 2.52. The van der Waals surface area contributed by atoms with E-state index in [1.165, 1.54) is 6.07 Å². The number of aryl methyl sites for hydroxylation is 1. The zero-order valence-electron chi connectivity index (χ0n) is 12.0. The van der Waals surface area contributed by atoms with E-state index in [1.807, 2.05) is 6.92 Å². The summed E-state index contributed by atoms with van der Waals surface area (Å²) in [6, 6.07) is 4.16. The minimum atomic E-state index is -0.518. The molecule has 2 amide bonds. The first-order valence-electron chi connectivity index (χ1n) is 6.94. The van der Waals surface area contributed by atoms with Gasteiger partial charge in [-0.05, 0) is 38.0 Å². The van der Waals surface area contributed by atoms with Crippen molar-refractivity contribution in [3.63, 3.8) is 0 Å². The van der Waals surface area contributed by atoms with Gasteiger partial charge in [0.25, 0.3) is 0 Å². The standard InChI is InChI=1S/C15H17FN2O2S/c1-9-3-4-11(10(16)7-9)17-14(20)12-8-21-15(2)6-5-13(19)18(12)15/h3-4,7,12H,5-6,8H2,1-2H3,(H,17,20)/t12-,15+/m1/s1. The molecule has 3 rings (SSSR count). The predicted octanol–water partition coefficient (Wildman–Crippen LogP) is 2.53. The number of amides is 2. The molecule has 2 aliphatic heterocycles. The molecule has 2 heterocycles. The van der Waals surface area contributed by atoms with Crippen molar-refractivity contribution in [1.82, 2.24) is 4.90 Å². The van der Waals surface area contributed by atoms with Crippen LogP contribution in [-0.2, 0) is 9.59 Å². The normalized spacial score (nSPS) is 27.9. The summed E-state index contributed by atoms with van der Waals surface area (Å²) >= 11 is 1.62. The third-order valence-electron chi connectivity index (χ3n) is 4.13. The first-order valence-corrected chi connectivity index (χ1v) is 7.92. The number of benzene rings is 1. The molecule has 6 heteroatoms. The van der Waals surface area contributed by atoms with Gasteiger partial charge in [0, 0.05) is 12.2 Å². The number of carbonyl (C=O) groups excluding carboxylic acids is 2. The Morgan fingerprint density at radius 1 is 1.52 bits per heavy atom. The average Bonchev–Trinajstić information content (AvgIpc) is 2.90. The maximum Gasteiger partial charge on any atom is 0.248 e. The molecule has 21 heavy (non-hydrogen) atoms. The number of fused-ring (bicyclic) bond motifs is 1. The van der Waals surface area contributed by atoms with Crippen molar-refractivity contribution < 1.29 is 14.0 Å². The van der Waals surface area contributed by atoms with E-state index in [2.05, 4.69) is 5.32 Å². The Kier molecular flexibility index (Phi) is 3.43.